The lowest BCUT2D eigenvalue weighted by Gasteiger charge is -2.21. The molecule has 4 rings (SSSR count). The standard InChI is InChI=1S/C21H21NO.C9H8O/c1-22(2)21-19(14-13-16-9-5-4-6-10-16)18-12-8-7-11-17(18)15-20(21)23-3;1-2-9(10)8-6-4-3-5-7-8/h4-15H,1-3H3;2-7H,1H2. The number of carbonyl (C=O) groups excluding carboxylic acids is 1. The Bertz CT molecular complexity index is 1240. The Kier molecular flexibility index (Phi) is 8.20. The first-order chi connectivity index (χ1) is 16.0. The van der Waals surface area contributed by atoms with Crippen LogP contribution in [0.3, 0.4) is 0 Å². The highest BCUT2D eigenvalue weighted by Crippen LogP contribution is 2.38. The maximum atomic E-state index is 10.9. The van der Waals surface area contributed by atoms with Gasteiger partial charge in [0.15, 0.2) is 5.78 Å². The van der Waals surface area contributed by atoms with Gasteiger partial charge in [-0.2, -0.15) is 0 Å². The van der Waals surface area contributed by atoms with E-state index in [1.165, 1.54) is 28.0 Å². The van der Waals surface area contributed by atoms with Crippen LogP contribution in [0.25, 0.3) is 22.9 Å². The molecule has 0 aliphatic heterocycles. The van der Waals surface area contributed by atoms with E-state index in [2.05, 4.69) is 78.2 Å². The maximum absolute atomic E-state index is 10.9. The van der Waals surface area contributed by atoms with Gasteiger partial charge >= 0.3 is 0 Å². The Labute approximate surface area is 196 Å². The van der Waals surface area contributed by atoms with Gasteiger partial charge in [-0.15, -0.1) is 0 Å². The molecule has 0 amide bonds. The van der Waals surface area contributed by atoms with Gasteiger partial charge < -0.3 is 9.64 Å². The van der Waals surface area contributed by atoms with E-state index in [-0.39, 0.29) is 5.78 Å². The second-order valence-corrected chi connectivity index (χ2v) is 7.64. The Morgan fingerprint density at radius 3 is 2.06 bits per heavy atom. The van der Waals surface area contributed by atoms with Crippen molar-refractivity contribution >= 4 is 34.4 Å². The van der Waals surface area contributed by atoms with Gasteiger partial charge in [0.1, 0.15) is 5.75 Å². The third-order valence-electron chi connectivity index (χ3n) is 5.18. The van der Waals surface area contributed by atoms with Gasteiger partial charge in [-0.05, 0) is 28.5 Å². The Hall–Kier alpha value is -4.11. The summed E-state index contributed by atoms with van der Waals surface area (Å²) in [6.07, 6.45) is 5.64. The zero-order valence-corrected chi connectivity index (χ0v) is 19.4. The molecule has 0 heterocycles. The molecule has 0 aliphatic rings. The van der Waals surface area contributed by atoms with Crippen LogP contribution in [0, 0.1) is 0 Å². The minimum absolute atomic E-state index is 0.0272. The SMILES string of the molecule is C=CC(=O)c1ccccc1.COc1cc2ccccc2c(C=Cc2ccccc2)c1N(C)C. The number of ketones is 1. The van der Waals surface area contributed by atoms with Crippen LogP contribution < -0.4 is 9.64 Å². The number of methoxy groups -OCH3 is 1. The predicted octanol–water partition coefficient (Wildman–Crippen LogP) is 7.14. The van der Waals surface area contributed by atoms with Crippen LogP contribution in [-0.4, -0.2) is 27.0 Å². The molecule has 33 heavy (non-hydrogen) atoms. The molecule has 3 nitrogen and oxygen atoms in total. The Balaban J connectivity index is 0.000000257. The molecule has 0 atom stereocenters. The van der Waals surface area contributed by atoms with E-state index in [0.29, 0.717) is 5.56 Å². The Morgan fingerprint density at radius 2 is 1.45 bits per heavy atom. The first kappa shape index (κ1) is 23.6. The number of hydrogen-bond acceptors (Lipinski definition) is 3. The third-order valence-corrected chi connectivity index (χ3v) is 5.18. The van der Waals surface area contributed by atoms with Crippen molar-refractivity contribution in [3.8, 4) is 5.75 Å². The molecule has 0 saturated carbocycles. The first-order valence-corrected chi connectivity index (χ1v) is 10.8. The number of rotatable bonds is 6. The summed E-state index contributed by atoms with van der Waals surface area (Å²) in [6, 6.07) is 29.9. The number of allylic oxidation sites excluding steroid dienone is 1. The highest BCUT2D eigenvalue weighted by molar-refractivity contribution is 6.04. The number of anilines is 1. The van der Waals surface area contributed by atoms with Gasteiger partial charge in [-0.3, -0.25) is 4.79 Å². The van der Waals surface area contributed by atoms with Crippen LogP contribution in [0.1, 0.15) is 21.5 Å². The summed E-state index contributed by atoms with van der Waals surface area (Å²) in [4.78, 5) is 13.0. The first-order valence-electron chi connectivity index (χ1n) is 10.8. The van der Waals surface area contributed by atoms with Crippen LogP contribution in [0.4, 0.5) is 5.69 Å². The smallest absolute Gasteiger partial charge is 0.185 e. The molecule has 0 fully saturated rings. The normalized spacial score (nSPS) is 10.4. The van der Waals surface area contributed by atoms with E-state index in [9.17, 15) is 4.79 Å². The van der Waals surface area contributed by atoms with E-state index < -0.39 is 0 Å². The second-order valence-electron chi connectivity index (χ2n) is 7.64. The minimum Gasteiger partial charge on any atom is -0.495 e. The lowest BCUT2D eigenvalue weighted by atomic mass is 10.00. The molecule has 4 aromatic rings. The van der Waals surface area contributed by atoms with Crippen molar-refractivity contribution in [2.75, 3.05) is 26.1 Å². The summed E-state index contributed by atoms with van der Waals surface area (Å²) in [5.74, 6) is 0.863. The zero-order valence-electron chi connectivity index (χ0n) is 19.4. The molecule has 166 valence electrons. The fraction of sp³-hybridized carbons (Fsp3) is 0.100. The van der Waals surface area contributed by atoms with Gasteiger partial charge in [0, 0.05) is 25.2 Å². The van der Waals surface area contributed by atoms with E-state index in [4.69, 9.17) is 4.74 Å². The number of hydrogen-bond donors (Lipinski definition) is 0. The topological polar surface area (TPSA) is 29.5 Å². The molecule has 0 aliphatic carbocycles. The quantitative estimate of drug-likeness (QED) is 0.183. The highest BCUT2D eigenvalue weighted by Gasteiger charge is 2.13. The van der Waals surface area contributed by atoms with E-state index in [1.54, 1.807) is 19.2 Å². The number of nitrogens with zero attached hydrogens (tertiary/aromatic N) is 1. The van der Waals surface area contributed by atoms with Crippen LogP contribution in [0.2, 0.25) is 0 Å². The van der Waals surface area contributed by atoms with Crippen molar-refractivity contribution in [1.29, 1.82) is 0 Å². The largest absolute Gasteiger partial charge is 0.495 e. The van der Waals surface area contributed by atoms with Crippen LogP contribution >= 0.6 is 0 Å². The number of fused-ring (bicyclic) bond motifs is 1. The van der Waals surface area contributed by atoms with Crippen molar-refractivity contribution in [3.63, 3.8) is 0 Å². The van der Waals surface area contributed by atoms with Gasteiger partial charge in [-0.25, -0.2) is 0 Å². The van der Waals surface area contributed by atoms with Gasteiger partial charge in [0.25, 0.3) is 0 Å². The zero-order chi connectivity index (χ0) is 23.6. The monoisotopic (exact) mass is 435 g/mol. The van der Waals surface area contributed by atoms with Crippen LogP contribution in [0.5, 0.6) is 5.75 Å². The van der Waals surface area contributed by atoms with Crippen LogP contribution in [-0.2, 0) is 0 Å². The number of carbonyl (C=O) groups is 1. The van der Waals surface area contributed by atoms with Crippen molar-refractivity contribution in [2.24, 2.45) is 0 Å². The van der Waals surface area contributed by atoms with E-state index >= 15 is 0 Å². The molecule has 3 heteroatoms. The molecule has 0 saturated heterocycles. The van der Waals surface area contributed by atoms with Gasteiger partial charge in [0.05, 0.1) is 12.8 Å². The molecule has 0 aromatic heterocycles. The van der Waals surface area contributed by atoms with E-state index in [1.807, 2.05) is 38.4 Å². The molecular weight excluding hydrogens is 406 g/mol. The molecule has 0 unspecified atom stereocenters. The van der Waals surface area contributed by atoms with Crippen molar-refractivity contribution in [2.45, 2.75) is 0 Å². The molecular formula is C30H29NO2. The summed E-state index contributed by atoms with van der Waals surface area (Å²) in [6.45, 7) is 3.39. The van der Waals surface area contributed by atoms with Gasteiger partial charge in [0.2, 0.25) is 0 Å². The average Bonchev–Trinajstić information content (AvgIpc) is 2.87. The van der Waals surface area contributed by atoms with Gasteiger partial charge in [-0.1, -0.05) is 104 Å². The average molecular weight is 436 g/mol. The minimum atomic E-state index is -0.0272. The maximum Gasteiger partial charge on any atom is 0.185 e. The number of ether oxygens (including phenoxy) is 1. The summed E-state index contributed by atoms with van der Waals surface area (Å²) >= 11 is 0. The summed E-state index contributed by atoms with van der Waals surface area (Å²) in [5.41, 5.74) is 4.15. The van der Waals surface area contributed by atoms with Crippen molar-refractivity contribution in [3.05, 3.63) is 120 Å². The Morgan fingerprint density at radius 1 is 0.848 bits per heavy atom. The molecule has 4 aromatic carbocycles. The predicted molar refractivity (Wildman–Crippen MR) is 141 cm³/mol. The lowest BCUT2D eigenvalue weighted by Crippen LogP contribution is -2.12. The summed E-state index contributed by atoms with van der Waals surface area (Å²) in [5, 5.41) is 2.41. The fourth-order valence-corrected chi connectivity index (χ4v) is 3.59. The molecule has 0 radical (unpaired) electrons. The molecule has 0 spiro atoms. The number of benzene rings is 4. The third kappa shape index (κ3) is 5.98. The van der Waals surface area contributed by atoms with Crippen molar-refractivity contribution in [1.82, 2.24) is 0 Å². The molecule has 0 bridgehead atoms. The van der Waals surface area contributed by atoms with Crippen molar-refractivity contribution < 1.29 is 9.53 Å². The lowest BCUT2D eigenvalue weighted by molar-refractivity contribution is 0.104. The highest BCUT2D eigenvalue weighted by atomic mass is 16.5. The summed E-state index contributed by atoms with van der Waals surface area (Å²) < 4.78 is 5.63. The second kappa shape index (κ2) is 11.5. The van der Waals surface area contributed by atoms with Crippen LogP contribution in [0.15, 0.2) is 104 Å². The fourth-order valence-electron chi connectivity index (χ4n) is 3.59. The van der Waals surface area contributed by atoms with E-state index in [0.717, 1.165) is 11.4 Å². The molecule has 0 N–H and O–H groups in total. The summed E-state index contributed by atoms with van der Waals surface area (Å²) in [7, 11) is 5.82.